The van der Waals surface area contributed by atoms with E-state index in [0.29, 0.717) is 43.4 Å². The average Bonchev–Trinajstić information content (AvgIpc) is 3.09. The van der Waals surface area contributed by atoms with Crippen LogP contribution in [0.1, 0.15) is 5.69 Å². The van der Waals surface area contributed by atoms with Crippen molar-refractivity contribution in [2.24, 2.45) is 5.73 Å². The summed E-state index contributed by atoms with van der Waals surface area (Å²) in [7, 11) is 0. The lowest BCUT2D eigenvalue weighted by atomic mass is 10.2. The molecule has 3 N–H and O–H groups in total. The molecule has 1 fully saturated rings. The number of rotatable bonds is 4. The lowest BCUT2D eigenvalue weighted by Crippen LogP contribution is -2.49. The van der Waals surface area contributed by atoms with Crippen LogP contribution in [-0.2, 0) is 11.2 Å². The molecule has 1 aliphatic rings. The van der Waals surface area contributed by atoms with Crippen LogP contribution in [0.5, 0.6) is 0 Å². The predicted molar refractivity (Wildman–Crippen MR) is 90.1 cm³/mol. The van der Waals surface area contributed by atoms with Gasteiger partial charge in [-0.15, -0.1) is 11.3 Å². The van der Waals surface area contributed by atoms with Crippen molar-refractivity contribution >= 4 is 29.2 Å². The quantitative estimate of drug-likeness (QED) is 0.854. The minimum atomic E-state index is -0.925. The first-order chi connectivity index (χ1) is 11.5. The van der Waals surface area contributed by atoms with E-state index in [1.165, 1.54) is 4.90 Å². The molecule has 1 aliphatic heterocycles. The summed E-state index contributed by atoms with van der Waals surface area (Å²) < 4.78 is 0. The van der Waals surface area contributed by atoms with Crippen molar-refractivity contribution in [3.63, 3.8) is 0 Å². The van der Waals surface area contributed by atoms with Crippen LogP contribution in [0.3, 0.4) is 0 Å². The highest BCUT2D eigenvalue weighted by Crippen LogP contribution is 2.26. The average molecular weight is 347 g/mol. The van der Waals surface area contributed by atoms with Gasteiger partial charge in [0.05, 0.1) is 28.9 Å². The van der Waals surface area contributed by atoms with E-state index in [4.69, 9.17) is 10.8 Å². The fourth-order valence-electron chi connectivity index (χ4n) is 2.62. The Bertz CT molecular complexity index is 742. The van der Waals surface area contributed by atoms with Crippen LogP contribution in [0, 0.1) is 0 Å². The van der Waals surface area contributed by atoms with E-state index in [2.05, 4.69) is 9.97 Å². The van der Waals surface area contributed by atoms with Gasteiger partial charge < -0.3 is 20.6 Å². The maximum absolute atomic E-state index is 11.4. The molecule has 3 rings (SSSR count). The zero-order valence-corrected chi connectivity index (χ0v) is 13.7. The molecule has 8 nitrogen and oxygen atoms in total. The Labute approximate surface area is 142 Å². The molecule has 0 aliphatic carbocycles. The van der Waals surface area contributed by atoms with Crippen LogP contribution in [-0.4, -0.2) is 58.2 Å². The van der Waals surface area contributed by atoms with Gasteiger partial charge in [0.15, 0.2) is 5.82 Å². The zero-order valence-electron chi connectivity index (χ0n) is 12.9. The van der Waals surface area contributed by atoms with Gasteiger partial charge in [-0.25, -0.2) is 14.8 Å². The molecule has 0 radical (unpaired) electrons. The van der Waals surface area contributed by atoms with Crippen LogP contribution in [0.2, 0.25) is 0 Å². The number of anilines is 1. The van der Waals surface area contributed by atoms with Gasteiger partial charge in [0, 0.05) is 26.2 Å². The van der Waals surface area contributed by atoms with Gasteiger partial charge in [0.1, 0.15) is 0 Å². The Kier molecular flexibility index (Phi) is 4.61. The van der Waals surface area contributed by atoms with E-state index < -0.39 is 12.0 Å². The van der Waals surface area contributed by atoms with Crippen molar-refractivity contribution in [2.75, 3.05) is 31.1 Å². The molecule has 0 saturated carbocycles. The normalized spacial score (nSPS) is 14.7. The fraction of sp³-hybridized carbons (Fsp3) is 0.333. The van der Waals surface area contributed by atoms with Crippen molar-refractivity contribution in [2.45, 2.75) is 6.42 Å². The number of piperazine rings is 1. The fourth-order valence-corrected chi connectivity index (χ4v) is 3.30. The van der Waals surface area contributed by atoms with Gasteiger partial charge >= 0.3 is 6.09 Å². The van der Waals surface area contributed by atoms with Gasteiger partial charge in [-0.3, -0.25) is 4.79 Å². The van der Waals surface area contributed by atoms with E-state index in [1.807, 2.05) is 22.4 Å². The second kappa shape index (κ2) is 6.83. The van der Waals surface area contributed by atoms with Crippen molar-refractivity contribution in [1.82, 2.24) is 14.9 Å². The maximum Gasteiger partial charge on any atom is 0.407 e. The van der Waals surface area contributed by atoms with Gasteiger partial charge in [0.25, 0.3) is 0 Å². The Hall–Kier alpha value is -2.68. The molecule has 0 unspecified atom stereocenters. The summed E-state index contributed by atoms with van der Waals surface area (Å²) in [4.78, 5) is 35.7. The van der Waals surface area contributed by atoms with Gasteiger partial charge in [-0.2, -0.15) is 0 Å². The Morgan fingerprint density at radius 2 is 2.04 bits per heavy atom. The number of carbonyl (C=O) groups excluding carboxylic acids is 1. The second-order valence-corrected chi connectivity index (χ2v) is 6.35. The largest absolute Gasteiger partial charge is 0.465 e. The Balaban J connectivity index is 1.87. The number of thiophene rings is 1. The number of carboxylic acid groups (broad SMARTS) is 1. The van der Waals surface area contributed by atoms with Gasteiger partial charge in [0.2, 0.25) is 5.91 Å². The lowest BCUT2D eigenvalue weighted by Gasteiger charge is -2.34. The number of nitrogens with zero attached hydrogens (tertiary/aromatic N) is 4. The summed E-state index contributed by atoms with van der Waals surface area (Å²) in [5.41, 5.74) is 6.57. The topological polar surface area (TPSA) is 113 Å². The maximum atomic E-state index is 11.4. The third-order valence-corrected chi connectivity index (χ3v) is 4.68. The highest BCUT2D eigenvalue weighted by atomic mass is 32.1. The molecule has 0 aromatic carbocycles. The molecule has 0 spiro atoms. The Morgan fingerprint density at radius 3 is 2.62 bits per heavy atom. The van der Waals surface area contributed by atoms with Crippen molar-refractivity contribution in [3.05, 3.63) is 29.4 Å². The summed E-state index contributed by atoms with van der Waals surface area (Å²) in [5.74, 6) is 0.122. The van der Waals surface area contributed by atoms with Crippen LogP contribution in [0.4, 0.5) is 10.6 Å². The summed E-state index contributed by atoms with van der Waals surface area (Å²) in [5, 5.41) is 11.0. The molecular formula is C15H17N5O3S. The number of carbonyl (C=O) groups is 2. The summed E-state index contributed by atoms with van der Waals surface area (Å²) in [6, 6.07) is 3.86. The number of amides is 2. The number of aromatic nitrogens is 2. The van der Waals surface area contributed by atoms with Gasteiger partial charge in [-0.1, -0.05) is 6.07 Å². The highest BCUT2D eigenvalue weighted by molar-refractivity contribution is 7.13. The third kappa shape index (κ3) is 3.46. The lowest BCUT2D eigenvalue weighted by molar-refractivity contribution is -0.117. The monoisotopic (exact) mass is 347 g/mol. The van der Waals surface area contributed by atoms with E-state index in [-0.39, 0.29) is 6.42 Å². The molecule has 126 valence electrons. The van der Waals surface area contributed by atoms with E-state index in [1.54, 1.807) is 17.5 Å². The minimum Gasteiger partial charge on any atom is -0.465 e. The first-order valence-electron chi connectivity index (χ1n) is 7.45. The standard InChI is InChI=1S/C15H17N5O3S/c16-13(21)8-10-14(19-3-5-20(6-4-19)15(22)23)17-9-11(18-10)12-2-1-7-24-12/h1-2,7,9H,3-6,8H2,(H2,16,21)(H,22,23). The molecule has 2 aromatic rings. The summed E-state index contributed by atoms with van der Waals surface area (Å²) >= 11 is 1.54. The van der Waals surface area contributed by atoms with Crippen molar-refractivity contribution in [1.29, 1.82) is 0 Å². The molecular weight excluding hydrogens is 330 g/mol. The van der Waals surface area contributed by atoms with Crippen molar-refractivity contribution in [3.8, 4) is 10.6 Å². The first-order valence-corrected chi connectivity index (χ1v) is 8.33. The van der Waals surface area contributed by atoms with Crippen LogP contribution < -0.4 is 10.6 Å². The molecule has 24 heavy (non-hydrogen) atoms. The van der Waals surface area contributed by atoms with Gasteiger partial charge in [-0.05, 0) is 11.4 Å². The Morgan fingerprint density at radius 1 is 1.29 bits per heavy atom. The van der Waals surface area contributed by atoms with Crippen LogP contribution in [0.15, 0.2) is 23.7 Å². The highest BCUT2D eigenvalue weighted by Gasteiger charge is 2.24. The van der Waals surface area contributed by atoms with E-state index in [0.717, 1.165) is 4.88 Å². The molecule has 0 atom stereocenters. The number of nitrogens with two attached hydrogens (primary N) is 1. The second-order valence-electron chi connectivity index (χ2n) is 5.40. The third-order valence-electron chi connectivity index (χ3n) is 3.79. The van der Waals surface area contributed by atoms with E-state index >= 15 is 0 Å². The van der Waals surface area contributed by atoms with Crippen molar-refractivity contribution < 1.29 is 14.7 Å². The minimum absolute atomic E-state index is 0.000688. The molecule has 2 amide bonds. The SMILES string of the molecule is NC(=O)Cc1nc(-c2cccs2)cnc1N1CCN(C(=O)O)CC1. The molecule has 3 heterocycles. The number of hydrogen-bond acceptors (Lipinski definition) is 6. The molecule has 1 saturated heterocycles. The van der Waals surface area contributed by atoms with Crippen LogP contribution in [0.25, 0.3) is 10.6 Å². The number of primary amides is 1. The first kappa shape index (κ1) is 16.2. The summed E-state index contributed by atoms with van der Waals surface area (Å²) in [6.07, 6.45) is 0.752. The zero-order chi connectivity index (χ0) is 17.1. The molecule has 2 aromatic heterocycles. The predicted octanol–water partition coefficient (Wildman–Crippen LogP) is 1.03. The molecule has 0 bridgehead atoms. The van der Waals surface area contributed by atoms with E-state index in [9.17, 15) is 9.59 Å². The van der Waals surface area contributed by atoms with Crippen LogP contribution >= 0.6 is 11.3 Å². The summed E-state index contributed by atoms with van der Waals surface area (Å²) in [6.45, 7) is 1.79. The molecule has 9 heteroatoms. The smallest absolute Gasteiger partial charge is 0.407 e. The number of hydrogen-bond donors (Lipinski definition) is 2.